The highest BCUT2D eigenvalue weighted by Gasteiger charge is 2.24. The molecule has 0 N–H and O–H groups in total. The minimum Gasteiger partial charge on any atom is -0.302 e. The van der Waals surface area contributed by atoms with Crippen LogP contribution < -0.4 is 0 Å². The summed E-state index contributed by atoms with van der Waals surface area (Å²) >= 11 is 12.2. The van der Waals surface area contributed by atoms with Crippen molar-refractivity contribution in [2.24, 2.45) is 17.8 Å². The summed E-state index contributed by atoms with van der Waals surface area (Å²) in [6.45, 7) is 8.24. The van der Waals surface area contributed by atoms with Crippen LogP contribution in [0.5, 0.6) is 0 Å². The highest BCUT2D eigenvalue weighted by molar-refractivity contribution is 6.34. The van der Waals surface area contributed by atoms with Gasteiger partial charge in [-0.1, -0.05) is 43.1 Å². The van der Waals surface area contributed by atoms with E-state index < -0.39 is 0 Å². The molecular weight excluding hydrogens is 265 g/mol. The lowest BCUT2D eigenvalue weighted by Gasteiger charge is -2.36. The Morgan fingerprint density at radius 3 is 2.83 bits per heavy atom. The van der Waals surface area contributed by atoms with Crippen molar-refractivity contribution in [3.05, 3.63) is 22.2 Å². The average molecular weight is 288 g/mol. The van der Waals surface area contributed by atoms with Crippen LogP contribution in [-0.4, -0.2) is 24.5 Å². The molecule has 0 spiro atoms. The molecule has 18 heavy (non-hydrogen) atoms. The number of rotatable bonds is 3. The molecule has 102 valence electrons. The SMILES string of the molecule is CC(C)[C@@H]1CCCN(CC2C=C(Cl)C=C(Cl)C2)C1. The van der Waals surface area contributed by atoms with Gasteiger partial charge in [0.05, 0.1) is 0 Å². The normalized spacial score (nSPS) is 30.3. The van der Waals surface area contributed by atoms with Crippen molar-refractivity contribution in [2.75, 3.05) is 19.6 Å². The van der Waals surface area contributed by atoms with Crippen LogP contribution in [0.3, 0.4) is 0 Å². The van der Waals surface area contributed by atoms with Crippen molar-refractivity contribution in [3.8, 4) is 0 Å². The van der Waals surface area contributed by atoms with Gasteiger partial charge >= 0.3 is 0 Å². The highest BCUT2D eigenvalue weighted by atomic mass is 35.5. The first-order valence-electron chi connectivity index (χ1n) is 7.00. The Kier molecular flexibility index (Phi) is 5.17. The van der Waals surface area contributed by atoms with E-state index in [1.165, 1.54) is 25.9 Å². The van der Waals surface area contributed by atoms with Crippen LogP contribution in [0.1, 0.15) is 33.1 Å². The fourth-order valence-electron chi connectivity index (χ4n) is 3.04. The van der Waals surface area contributed by atoms with Crippen LogP contribution in [0.2, 0.25) is 0 Å². The first-order chi connectivity index (χ1) is 8.54. The van der Waals surface area contributed by atoms with E-state index >= 15 is 0 Å². The van der Waals surface area contributed by atoms with Crippen LogP contribution in [0.25, 0.3) is 0 Å². The minimum atomic E-state index is 0.487. The maximum atomic E-state index is 6.12. The summed E-state index contributed by atoms with van der Waals surface area (Å²) in [5.41, 5.74) is 0. The van der Waals surface area contributed by atoms with Crippen LogP contribution >= 0.6 is 23.2 Å². The molecular formula is C15H23Cl2N. The molecule has 1 heterocycles. The summed E-state index contributed by atoms with van der Waals surface area (Å²) in [5, 5.41) is 1.69. The third kappa shape index (κ3) is 4.01. The maximum absolute atomic E-state index is 6.12. The number of piperidine rings is 1. The fourth-order valence-corrected chi connectivity index (χ4v) is 3.72. The lowest BCUT2D eigenvalue weighted by atomic mass is 9.87. The zero-order valence-electron chi connectivity index (χ0n) is 11.3. The number of halogens is 2. The van der Waals surface area contributed by atoms with Gasteiger partial charge in [-0.15, -0.1) is 0 Å². The molecule has 1 nitrogen and oxygen atoms in total. The van der Waals surface area contributed by atoms with Gasteiger partial charge in [-0.3, -0.25) is 0 Å². The molecule has 1 fully saturated rings. The van der Waals surface area contributed by atoms with Crippen molar-refractivity contribution in [2.45, 2.75) is 33.1 Å². The third-order valence-electron chi connectivity index (χ3n) is 4.12. The molecule has 1 aliphatic heterocycles. The summed E-state index contributed by atoms with van der Waals surface area (Å²) in [6, 6.07) is 0. The molecule has 2 atom stereocenters. The zero-order valence-corrected chi connectivity index (χ0v) is 12.8. The van der Waals surface area contributed by atoms with E-state index in [1.54, 1.807) is 0 Å². The predicted molar refractivity (Wildman–Crippen MR) is 80.0 cm³/mol. The van der Waals surface area contributed by atoms with Gasteiger partial charge in [-0.05, 0) is 49.6 Å². The van der Waals surface area contributed by atoms with Gasteiger partial charge in [0.15, 0.2) is 0 Å². The van der Waals surface area contributed by atoms with Crippen molar-refractivity contribution in [1.82, 2.24) is 4.90 Å². The highest BCUT2D eigenvalue weighted by Crippen LogP contribution is 2.30. The lowest BCUT2D eigenvalue weighted by molar-refractivity contribution is 0.134. The Labute approximate surface area is 121 Å². The zero-order chi connectivity index (χ0) is 13.1. The lowest BCUT2D eigenvalue weighted by Crippen LogP contribution is -2.40. The second kappa shape index (κ2) is 6.45. The molecule has 0 amide bonds. The number of allylic oxidation sites excluding steroid dienone is 3. The van der Waals surface area contributed by atoms with Gasteiger partial charge in [0, 0.05) is 23.2 Å². The van der Waals surface area contributed by atoms with E-state index in [-0.39, 0.29) is 0 Å². The fraction of sp³-hybridized carbons (Fsp3) is 0.733. The maximum Gasteiger partial charge on any atom is 0.0381 e. The molecule has 0 aromatic heterocycles. The Morgan fingerprint density at radius 2 is 2.17 bits per heavy atom. The largest absolute Gasteiger partial charge is 0.302 e. The van der Waals surface area contributed by atoms with Crippen molar-refractivity contribution in [3.63, 3.8) is 0 Å². The van der Waals surface area contributed by atoms with Gasteiger partial charge < -0.3 is 4.90 Å². The molecule has 0 radical (unpaired) electrons. The number of likely N-dealkylation sites (tertiary alicyclic amines) is 1. The van der Waals surface area contributed by atoms with Crippen molar-refractivity contribution in [1.29, 1.82) is 0 Å². The topological polar surface area (TPSA) is 3.24 Å². The standard InChI is InChI=1S/C15H23Cl2N/c1-11(2)13-4-3-5-18(10-13)9-12-6-14(16)8-15(17)7-12/h6,8,11-13H,3-5,7,9-10H2,1-2H3/t12?,13-/m1/s1. The molecule has 3 heteroatoms. The Morgan fingerprint density at radius 1 is 1.39 bits per heavy atom. The molecule has 1 unspecified atom stereocenters. The average Bonchev–Trinajstić information content (AvgIpc) is 2.27. The molecule has 1 saturated heterocycles. The second-order valence-corrected chi connectivity index (χ2v) is 6.93. The van der Waals surface area contributed by atoms with E-state index in [0.29, 0.717) is 5.92 Å². The Hall–Kier alpha value is 0.0200. The van der Waals surface area contributed by atoms with E-state index in [0.717, 1.165) is 34.9 Å². The first-order valence-corrected chi connectivity index (χ1v) is 7.76. The summed E-state index contributed by atoms with van der Waals surface area (Å²) in [4.78, 5) is 2.59. The number of nitrogens with zero attached hydrogens (tertiary/aromatic N) is 1. The monoisotopic (exact) mass is 287 g/mol. The van der Waals surface area contributed by atoms with E-state index in [1.807, 2.05) is 6.08 Å². The predicted octanol–water partition coefficient (Wildman–Crippen LogP) is 4.62. The molecule has 0 aromatic rings. The summed E-state index contributed by atoms with van der Waals surface area (Å²) in [6.07, 6.45) is 7.69. The van der Waals surface area contributed by atoms with Crippen molar-refractivity contribution >= 4 is 23.2 Å². The Bertz CT molecular complexity index is 346. The van der Waals surface area contributed by atoms with Crippen LogP contribution in [0.4, 0.5) is 0 Å². The van der Waals surface area contributed by atoms with Gasteiger partial charge in [-0.2, -0.15) is 0 Å². The summed E-state index contributed by atoms with van der Waals surface area (Å²) in [7, 11) is 0. The van der Waals surface area contributed by atoms with Gasteiger partial charge in [0.1, 0.15) is 0 Å². The number of hydrogen-bond acceptors (Lipinski definition) is 1. The molecule has 2 aliphatic rings. The smallest absolute Gasteiger partial charge is 0.0381 e. The quantitative estimate of drug-likeness (QED) is 0.732. The summed E-state index contributed by atoms with van der Waals surface area (Å²) < 4.78 is 0. The minimum absolute atomic E-state index is 0.487. The van der Waals surface area contributed by atoms with Crippen LogP contribution in [0, 0.1) is 17.8 Å². The molecule has 2 rings (SSSR count). The van der Waals surface area contributed by atoms with Gasteiger partial charge in [0.25, 0.3) is 0 Å². The molecule has 1 aliphatic carbocycles. The summed E-state index contributed by atoms with van der Waals surface area (Å²) in [5.74, 6) is 2.13. The van der Waals surface area contributed by atoms with Gasteiger partial charge in [-0.25, -0.2) is 0 Å². The molecule has 0 saturated carbocycles. The van der Waals surface area contributed by atoms with Crippen LogP contribution in [-0.2, 0) is 0 Å². The van der Waals surface area contributed by atoms with E-state index in [4.69, 9.17) is 23.2 Å². The third-order valence-corrected chi connectivity index (χ3v) is 4.62. The van der Waals surface area contributed by atoms with Crippen LogP contribution in [0.15, 0.2) is 22.2 Å². The number of hydrogen-bond donors (Lipinski definition) is 0. The second-order valence-electron chi connectivity index (χ2n) is 6.01. The first kappa shape index (κ1) is 14.4. The Balaban J connectivity index is 1.88. The molecule has 0 aromatic carbocycles. The van der Waals surface area contributed by atoms with Crippen molar-refractivity contribution < 1.29 is 0 Å². The van der Waals surface area contributed by atoms with E-state index in [2.05, 4.69) is 24.8 Å². The molecule has 0 bridgehead atoms. The van der Waals surface area contributed by atoms with E-state index in [9.17, 15) is 0 Å². The van der Waals surface area contributed by atoms with Gasteiger partial charge in [0.2, 0.25) is 0 Å².